The molecule has 2 aromatic rings. The normalized spacial score (nSPS) is 23.0. The van der Waals surface area contributed by atoms with E-state index in [0.29, 0.717) is 6.04 Å². The largest absolute Gasteiger partial charge is 0.366 e. The van der Waals surface area contributed by atoms with Crippen LogP contribution in [0.15, 0.2) is 30.5 Å². The van der Waals surface area contributed by atoms with Gasteiger partial charge in [-0.05, 0) is 37.7 Å². The van der Waals surface area contributed by atoms with Gasteiger partial charge in [0.15, 0.2) is 5.82 Å². The molecule has 26 heavy (non-hydrogen) atoms. The molecule has 5 rings (SSSR count). The first-order chi connectivity index (χ1) is 12.7. The van der Waals surface area contributed by atoms with Crippen molar-refractivity contribution < 1.29 is 0 Å². The Morgan fingerprint density at radius 3 is 2.88 bits per heavy atom. The zero-order chi connectivity index (χ0) is 17.5. The Morgan fingerprint density at radius 2 is 2.00 bits per heavy atom. The molecule has 0 saturated carbocycles. The molecule has 3 aliphatic heterocycles. The zero-order valence-electron chi connectivity index (χ0n) is 15.4. The highest BCUT2D eigenvalue weighted by molar-refractivity contribution is 5.74. The zero-order valence-corrected chi connectivity index (χ0v) is 15.4. The van der Waals surface area contributed by atoms with E-state index in [1.807, 2.05) is 6.20 Å². The highest BCUT2D eigenvalue weighted by Crippen LogP contribution is 2.35. The highest BCUT2D eigenvalue weighted by Gasteiger charge is 2.30. The van der Waals surface area contributed by atoms with Crippen molar-refractivity contribution in [2.24, 2.45) is 0 Å². The summed E-state index contributed by atoms with van der Waals surface area (Å²) in [5.74, 6) is 1.04. The van der Waals surface area contributed by atoms with E-state index in [2.05, 4.69) is 56.3 Å². The molecule has 1 N–H and O–H groups in total. The van der Waals surface area contributed by atoms with Gasteiger partial charge in [-0.3, -0.25) is 9.88 Å². The van der Waals surface area contributed by atoms with Gasteiger partial charge < -0.3 is 15.1 Å². The van der Waals surface area contributed by atoms with Gasteiger partial charge in [-0.15, -0.1) is 0 Å². The van der Waals surface area contributed by atoms with Gasteiger partial charge in [-0.25, -0.2) is 4.98 Å². The van der Waals surface area contributed by atoms with Crippen LogP contribution in [0.25, 0.3) is 11.3 Å². The molecule has 2 saturated heterocycles. The van der Waals surface area contributed by atoms with Gasteiger partial charge in [0.1, 0.15) is 0 Å². The summed E-state index contributed by atoms with van der Waals surface area (Å²) in [5, 5.41) is 3.60. The lowest BCUT2D eigenvalue weighted by Gasteiger charge is -2.32. The number of anilines is 2. The molecule has 136 valence electrons. The van der Waals surface area contributed by atoms with Crippen LogP contribution in [0.2, 0.25) is 0 Å². The number of piperazine rings is 1. The molecule has 2 fully saturated rings. The number of rotatable bonds is 3. The summed E-state index contributed by atoms with van der Waals surface area (Å²) in [6.45, 7) is 7.65. The average Bonchev–Trinajstić information content (AvgIpc) is 3.05. The second kappa shape index (κ2) is 6.52. The third-order valence-corrected chi connectivity index (χ3v) is 5.84. The van der Waals surface area contributed by atoms with Crippen LogP contribution in [0.5, 0.6) is 0 Å². The van der Waals surface area contributed by atoms with Crippen molar-refractivity contribution >= 4 is 11.5 Å². The van der Waals surface area contributed by atoms with Gasteiger partial charge in [0.2, 0.25) is 0 Å². The maximum absolute atomic E-state index is 4.92. The number of pyridine rings is 2. The summed E-state index contributed by atoms with van der Waals surface area (Å²) < 4.78 is 0. The van der Waals surface area contributed by atoms with Gasteiger partial charge >= 0.3 is 0 Å². The van der Waals surface area contributed by atoms with E-state index >= 15 is 0 Å². The Balaban J connectivity index is 1.37. The Morgan fingerprint density at radius 1 is 1.12 bits per heavy atom. The number of nitrogens with zero attached hydrogens (tertiary/aromatic N) is 5. The van der Waals surface area contributed by atoms with E-state index < -0.39 is 0 Å². The third-order valence-electron chi connectivity index (χ3n) is 5.84. The first-order valence-electron chi connectivity index (χ1n) is 9.63. The lowest BCUT2D eigenvalue weighted by molar-refractivity contribution is 0.147. The molecule has 6 heteroatoms. The number of aromatic nitrogens is 2. The minimum atomic E-state index is 0.551. The Kier molecular flexibility index (Phi) is 4.02. The standard InChI is InChI=1S/C20H26N6/c1-24-8-10-25(11-9-24)13-17-12-15(4-6-21-17)18-2-3-19-20(23-18)22-16-5-7-26(19)14-16/h2-4,6,12,16H,5,7-11,13-14H2,1H3,(H,22,23)/t16-/m0/s1. The fraction of sp³-hybridized carbons (Fsp3) is 0.500. The molecule has 0 aromatic carbocycles. The fourth-order valence-corrected chi connectivity index (χ4v) is 4.22. The number of nitrogens with one attached hydrogen (secondary N) is 1. The molecule has 0 aliphatic carbocycles. The SMILES string of the molecule is CN1CCN(Cc2cc(-c3ccc4c(n3)N[C@H]3CCN4C3)ccn2)CC1. The van der Waals surface area contributed by atoms with Gasteiger partial charge in [0, 0.05) is 63.6 Å². The first kappa shape index (κ1) is 16.0. The van der Waals surface area contributed by atoms with E-state index in [4.69, 9.17) is 4.98 Å². The highest BCUT2D eigenvalue weighted by atomic mass is 15.3. The molecular weight excluding hydrogens is 324 g/mol. The molecule has 3 aliphatic rings. The lowest BCUT2D eigenvalue weighted by atomic mass is 10.1. The average molecular weight is 350 g/mol. The molecule has 2 bridgehead atoms. The first-order valence-corrected chi connectivity index (χ1v) is 9.63. The van der Waals surface area contributed by atoms with Gasteiger partial charge in [0.25, 0.3) is 0 Å². The van der Waals surface area contributed by atoms with Gasteiger partial charge in [0.05, 0.1) is 17.1 Å². The van der Waals surface area contributed by atoms with Crippen molar-refractivity contribution in [3.8, 4) is 11.3 Å². The molecule has 1 atom stereocenters. The van der Waals surface area contributed by atoms with Crippen LogP contribution >= 0.6 is 0 Å². The molecule has 5 heterocycles. The second-order valence-corrected chi connectivity index (χ2v) is 7.76. The van der Waals surface area contributed by atoms with E-state index in [-0.39, 0.29) is 0 Å². The molecule has 6 nitrogen and oxygen atoms in total. The van der Waals surface area contributed by atoms with Crippen LogP contribution < -0.4 is 10.2 Å². The fourth-order valence-electron chi connectivity index (χ4n) is 4.22. The minimum absolute atomic E-state index is 0.551. The number of hydrogen-bond donors (Lipinski definition) is 1. The van der Waals surface area contributed by atoms with Crippen LogP contribution in [-0.2, 0) is 6.54 Å². The Bertz CT molecular complexity index is 799. The minimum Gasteiger partial charge on any atom is -0.366 e. The van der Waals surface area contributed by atoms with Crippen molar-refractivity contribution in [2.75, 3.05) is 56.5 Å². The molecule has 0 unspecified atom stereocenters. The van der Waals surface area contributed by atoms with Crippen molar-refractivity contribution in [3.63, 3.8) is 0 Å². The third kappa shape index (κ3) is 3.04. The summed E-state index contributed by atoms with van der Waals surface area (Å²) in [6.07, 6.45) is 3.12. The second-order valence-electron chi connectivity index (χ2n) is 7.76. The Hall–Kier alpha value is -2.18. The molecule has 2 aromatic heterocycles. The van der Waals surface area contributed by atoms with Crippen molar-refractivity contribution in [2.45, 2.75) is 19.0 Å². The van der Waals surface area contributed by atoms with E-state index in [9.17, 15) is 0 Å². The summed E-state index contributed by atoms with van der Waals surface area (Å²) in [6, 6.07) is 9.18. The van der Waals surface area contributed by atoms with Gasteiger partial charge in [-0.1, -0.05) is 0 Å². The monoisotopic (exact) mass is 350 g/mol. The summed E-state index contributed by atoms with van der Waals surface area (Å²) in [5.41, 5.74) is 4.56. The van der Waals surface area contributed by atoms with Gasteiger partial charge in [-0.2, -0.15) is 0 Å². The molecular formula is C20H26N6. The van der Waals surface area contributed by atoms with Crippen LogP contribution in [0.4, 0.5) is 11.5 Å². The van der Waals surface area contributed by atoms with Crippen molar-refractivity contribution in [1.82, 2.24) is 19.8 Å². The number of hydrogen-bond acceptors (Lipinski definition) is 6. The molecule has 0 radical (unpaired) electrons. The summed E-state index contributed by atoms with van der Waals surface area (Å²) >= 11 is 0. The van der Waals surface area contributed by atoms with E-state index in [0.717, 1.165) is 68.6 Å². The topological polar surface area (TPSA) is 47.5 Å². The number of fused-ring (bicyclic) bond motifs is 4. The smallest absolute Gasteiger partial charge is 0.150 e. The van der Waals surface area contributed by atoms with Crippen LogP contribution in [0, 0.1) is 0 Å². The van der Waals surface area contributed by atoms with Crippen molar-refractivity contribution in [3.05, 3.63) is 36.2 Å². The molecule has 0 spiro atoms. The Labute approximate surface area is 154 Å². The molecule has 0 amide bonds. The maximum atomic E-state index is 4.92. The number of likely N-dealkylation sites (N-methyl/N-ethyl adjacent to an activating group) is 1. The predicted molar refractivity (Wildman–Crippen MR) is 104 cm³/mol. The van der Waals surface area contributed by atoms with Crippen LogP contribution in [0.1, 0.15) is 12.1 Å². The predicted octanol–water partition coefficient (Wildman–Crippen LogP) is 1.90. The summed E-state index contributed by atoms with van der Waals surface area (Å²) in [4.78, 5) is 16.8. The summed E-state index contributed by atoms with van der Waals surface area (Å²) in [7, 11) is 2.19. The van der Waals surface area contributed by atoms with Crippen molar-refractivity contribution in [1.29, 1.82) is 0 Å². The lowest BCUT2D eigenvalue weighted by Crippen LogP contribution is -2.44. The maximum Gasteiger partial charge on any atom is 0.150 e. The van der Waals surface area contributed by atoms with E-state index in [1.54, 1.807) is 0 Å². The quantitative estimate of drug-likeness (QED) is 0.912. The van der Waals surface area contributed by atoms with E-state index in [1.165, 1.54) is 12.1 Å². The van der Waals surface area contributed by atoms with Crippen LogP contribution in [-0.4, -0.2) is 72.1 Å². The van der Waals surface area contributed by atoms with Crippen LogP contribution in [0.3, 0.4) is 0 Å².